The highest BCUT2D eigenvalue weighted by molar-refractivity contribution is 5.85. The maximum atomic E-state index is 12.2. The van der Waals surface area contributed by atoms with Crippen LogP contribution in [0.3, 0.4) is 0 Å². The summed E-state index contributed by atoms with van der Waals surface area (Å²) in [5.74, 6) is 0.348. The Hall–Kier alpha value is -1.10. The normalized spacial score (nSPS) is 29.6. The Bertz CT molecular complexity index is 319. The quantitative estimate of drug-likeness (QED) is 0.740. The van der Waals surface area contributed by atoms with Gasteiger partial charge in [0.1, 0.15) is 0 Å². The molecule has 0 aromatic heterocycles. The molecule has 5 nitrogen and oxygen atoms in total. The summed E-state index contributed by atoms with van der Waals surface area (Å²) >= 11 is 0. The SMILES string of the molecule is NC1CCCCC1CC(=O)N1CCCNC(=O)C1. The highest BCUT2D eigenvalue weighted by atomic mass is 16.2. The molecular formula is C13H23N3O2. The van der Waals surface area contributed by atoms with E-state index in [1.165, 1.54) is 12.8 Å². The fourth-order valence-corrected chi connectivity index (χ4v) is 2.86. The molecule has 0 radical (unpaired) electrons. The molecule has 1 saturated heterocycles. The van der Waals surface area contributed by atoms with Gasteiger partial charge >= 0.3 is 0 Å². The molecule has 2 rings (SSSR count). The van der Waals surface area contributed by atoms with Crippen molar-refractivity contribution in [3.05, 3.63) is 0 Å². The zero-order valence-corrected chi connectivity index (χ0v) is 10.9. The molecule has 0 aromatic rings. The number of amides is 2. The lowest BCUT2D eigenvalue weighted by Crippen LogP contribution is -2.41. The molecular weight excluding hydrogens is 230 g/mol. The van der Waals surface area contributed by atoms with Crippen LogP contribution < -0.4 is 11.1 Å². The minimum Gasteiger partial charge on any atom is -0.354 e. The molecule has 0 spiro atoms. The summed E-state index contributed by atoms with van der Waals surface area (Å²) in [6.45, 7) is 1.56. The van der Waals surface area contributed by atoms with Crippen molar-refractivity contribution in [2.24, 2.45) is 11.7 Å². The summed E-state index contributed by atoms with van der Waals surface area (Å²) in [5.41, 5.74) is 6.06. The van der Waals surface area contributed by atoms with E-state index in [2.05, 4.69) is 5.32 Å². The van der Waals surface area contributed by atoms with Gasteiger partial charge in [-0.15, -0.1) is 0 Å². The van der Waals surface area contributed by atoms with Gasteiger partial charge in [-0.3, -0.25) is 9.59 Å². The smallest absolute Gasteiger partial charge is 0.239 e. The first-order valence-corrected chi connectivity index (χ1v) is 6.97. The molecule has 2 aliphatic rings. The van der Waals surface area contributed by atoms with Gasteiger partial charge in [0.25, 0.3) is 0 Å². The second-order valence-electron chi connectivity index (χ2n) is 5.43. The van der Waals surface area contributed by atoms with Gasteiger partial charge in [-0.1, -0.05) is 12.8 Å². The Balaban J connectivity index is 1.87. The van der Waals surface area contributed by atoms with Gasteiger partial charge in [-0.25, -0.2) is 0 Å². The van der Waals surface area contributed by atoms with E-state index in [-0.39, 0.29) is 24.4 Å². The van der Waals surface area contributed by atoms with Crippen LogP contribution in [0.15, 0.2) is 0 Å². The van der Waals surface area contributed by atoms with Gasteiger partial charge in [0.15, 0.2) is 0 Å². The van der Waals surface area contributed by atoms with Crippen LogP contribution in [0.5, 0.6) is 0 Å². The molecule has 1 heterocycles. The van der Waals surface area contributed by atoms with Crippen LogP contribution in [-0.4, -0.2) is 42.4 Å². The summed E-state index contributed by atoms with van der Waals surface area (Å²) in [4.78, 5) is 25.3. The van der Waals surface area contributed by atoms with Crippen molar-refractivity contribution in [3.8, 4) is 0 Å². The van der Waals surface area contributed by atoms with Crippen LogP contribution in [0, 0.1) is 5.92 Å². The zero-order chi connectivity index (χ0) is 13.0. The fourth-order valence-electron chi connectivity index (χ4n) is 2.86. The monoisotopic (exact) mass is 253 g/mol. The topological polar surface area (TPSA) is 75.4 Å². The van der Waals surface area contributed by atoms with Crippen LogP contribution in [0.2, 0.25) is 0 Å². The molecule has 3 N–H and O–H groups in total. The number of rotatable bonds is 2. The standard InChI is InChI=1S/C13H23N3O2/c14-11-5-2-1-4-10(11)8-13(18)16-7-3-6-15-12(17)9-16/h10-11H,1-9,14H2,(H,15,17). The van der Waals surface area contributed by atoms with Crippen LogP contribution in [0.4, 0.5) is 0 Å². The molecule has 2 fully saturated rings. The number of nitrogens with zero attached hydrogens (tertiary/aromatic N) is 1. The molecule has 1 aliphatic carbocycles. The Kier molecular flexibility index (Phi) is 4.58. The van der Waals surface area contributed by atoms with Crippen molar-refractivity contribution in [3.63, 3.8) is 0 Å². The fraction of sp³-hybridized carbons (Fsp3) is 0.846. The number of nitrogens with two attached hydrogens (primary N) is 1. The molecule has 18 heavy (non-hydrogen) atoms. The van der Waals surface area contributed by atoms with Crippen molar-refractivity contribution in [2.75, 3.05) is 19.6 Å². The average molecular weight is 253 g/mol. The van der Waals surface area contributed by atoms with Gasteiger partial charge in [0, 0.05) is 25.6 Å². The minimum atomic E-state index is -0.0474. The van der Waals surface area contributed by atoms with Crippen LogP contribution in [0.1, 0.15) is 38.5 Å². The first-order chi connectivity index (χ1) is 8.66. The molecule has 5 heteroatoms. The molecule has 0 aromatic carbocycles. The Morgan fingerprint density at radius 2 is 2.11 bits per heavy atom. The van der Waals surface area contributed by atoms with E-state index in [4.69, 9.17) is 5.73 Å². The lowest BCUT2D eigenvalue weighted by Gasteiger charge is -2.30. The number of carbonyl (C=O) groups is 2. The minimum absolute atomic E-state index is 0.0474. The van der Waals surface area contributed by atoms with E-state index in [1.807, 2.05) is 0 Å². The van der Waals surface area contributed by atoms with Crippen LogP contribution >= 0.6 is 0 Å². The lowest BCUT2D eigenvalue weighted by atomic mass is 9.82. The maximum Gasteiger partial charge on any atom is 0.239 e. The molecule has 0 bridgehead atoms. The Morgan fingerprint density at radius 3 is 2.89 bits per heavy atom. The molecule has 102 valence electrons. The van der Waals surface area contributed by atoms with Crippen LogP contribution in [0.25, 0.3) is 0 Å². The third kappa shape index (κ3) is 3.45. The van der Waals surface area contributed by atoms with E-state index >= 15 is 0 Å². The summed E-state index contributed by atoms with van der Waals surface area (Å²) < 4.78 is 0. The predicted octanol–water partition coefficient (Wildman–Crippen LogP) is 0.242. The van der Waals surface area contributed by atoms with E-state index < -0.39 is 0 Å². The van der Waals surface area contributed by atoms with Gasteiger partial charge in [0.05, 0.1) is 6.54 Å². The maximum absolute atomic E-state index is 12.2. The summed E-state index contributed by atoms with van der Waals surface area (Å²) in [5, 5.41) is 2.78. The number of carbonyl (C=O) groups excluding carboxylic acids is 2. The number of hydrogen-bond donors (Lipinski definition) is 2. The van der Waals surface area contributed by atoms with Crippen molar-refractivity contribution in [1.82, 2.24) is 10.2 Å². The zero-order valence-electron chi connectivity index (χ0n) is 10.9. The van der Waals surface area contributed by atoms with Crippen molar-refractivity contribution in [2.45, 2.75) is 44.6 Å². The largest absolute Gasteiger partial charge is 0.354 e. The van der Waals surface area contributed by atoms with Crippen LogP contribution in [-0.2, 0) is 9.59 Å². The van der Waals surface area contributed by atoms with Crippen molar-refractivity contribution in [1.29, 1.82) is 0 Å². The molecule has 1 saturated carbocycles. The summed E-state index contributed by atoms with van der Waals surface area (Å²) in [6.07, 6.45) is 5.78. The van der Waals surface area contributed by atoms with E-state index in [9.17, 15) is 9.59 Å². The number of hydrogen-bond acceptors (Lipinski definition) is 3. The summed E-state index contributed by atoms with van der Waals surface area (Å²) in [6, 6.07) is 0.156. The molecule has 1 aliphatic heterocycles. The molecule has 2 amide bonds. The molecule has 2 atom stereocenters. The van der Waals surface area contributed by atoms with Crippen molar-refractivity contribution < 1.29 is 9.59 Å². The second-order valence-corrected chi connectivity index (χ2v) is 5.43. The first-order valence-electron chi connectivity index (χ1n) is 6.97. The van der Waals surface area contributed by atoms with Gasteiger partial charge in [-0.2, -0.15) is 0 Å². The number of nitrogens with one attached hydrogen (secondary N) is 1. The third-order valence-corrected chi connectivity index (χ3v) is 4.02. The van der Waals surface area contributed by atoms with Gasteiger partial charge in [0.2, 0.25) is 11.8 Å². The average Bonchev–Trinajstić information content (AvgIpc) is 2.57. The highest BCUT2D eigenvalue weighted by Gasteiger charge is 2.27. The van der Waals surface area contributed by atoms with Crippen molar-refractivity contribution >= 4 is 11.8 Å². The third-order valence-electron chi connectivity index (χ3n) is 4.02. The Labute approximate surface area is 108 Å². The van der Waals surface area contributed by atoms with E-state index in [0.29, 0.717) is 25.4 Å². The second kappa shape index (κ2) is 6.18. The van der Waals surface area contributed by atoms with Gasteiger partial charge in [-0.05, 0) is 25.2 Å². The highest BCUT2D eigenvalue weighted by Crippen LogP contribution is 2.26. The summed E-state index contributed by atoms with van der Waals surface area (Å²) in [7, 11) is 0. The lowest BCUT2D eigenvalue weighted by molar-refractivity contribution is -0.136. The predicted molar refractivity (Wildman–Crippen MR) is 68.8 cm³/mol. The van der Waals surface area contributed by atoms with Gasteiger partial charge < -0.3 is 16.0 Å². The first kappa shape index (κ1) is 13.3. The van der Waals surface area contributed by atoms with E-state index in [1.54, 1.807) is 4.90 Å². The Morgan fingerprint density at radius 1 is 1.33 bits per heavy atom. The molecule has 2 unspecified atom stereocenters. The van der Waals surface area contributed by atoms with E-state index in [0.717, 1.165) is 19.3 Å².